The third kappa shape index (κ3) is 4.52. The van der Waals surface area contributed by atoms with E-state index in [4.69, 9.17) is 11.2 Å². The topological polar surface area (TPSA) is 58.6 Å². The second kappa shape index (κ2) is 6.35. The van der Waals surface area contributed by atoms with Crippen molar-refractivity contribution in [1.82, 2.24) is 5.32 Å². The summed E-state index contributed by atoms with van der Waals surface area (Å²) < 4.78 is 31.9. The molecule has 0 atom stereocenters. The molecule has 0 spiro atoms. The SMILES string of the molecule is C#CCOc1c(F)cc(C(=O)NCC(C)(C)O)cc1F. The van der Waals surface area contributed by atoms with Gasteiger partial charge in [0.05, 0.1) is 5.60 Å². The molecule has 1 aromatic carbocycles. The zero-order valence-corrected chi connectivity index (χ0v) is 11.2. The molecule has 20 heavy (non-hydrogen) atoms. The number of ether oxygens (including phenoxy) is 1. The van der Waals surface area contributed by atoms with Crippen molar-refractivity contribution in [2.45, 2.75) is 19.4 Å². The maximum Gasteiger partial charge on any atom is 0.251 e. The zero-order valence-electron chi connectivity index (χ0n) is 11.2. The van der Waals surface area contributed by atoms with Crippen molar-refractivity contribution in [1.29, 1.82) is 0 Å². The first-order chi connectivity index (χ1) is 9.24. The minimum atomic E-state index is -1.12. The summed E-state index contributed by atoms with van der Waals surface area (Å²) in [5.74, 6) is -1.28. The second-order valence-electron chi connectivity index (χ2n) is 4.76. The number of hydrogen-bond acceptors (Lipinski definition) is 3. The number of nitrogens with one attached hydrogen (secondary N) is 1. The Morgan fingerprint density at radius 1 is 1.45 bits per heavy atom. The summed E-state index contributed by atoms with van der Waals surface area (Å²) in [6, 6.07) is 1.68. The maximum absolute atomic E-state index is 13.6. The van der Waals surface area contributed by atoms with Crippen LogP contribution in [-0.2, 0) is 0 Å². The molecule has 0 saturated heterocycles. The Labute approximate surface area is 115 Å². The first-order valence-electron chi connectivity index (χ1n) is 5.80. The van der Waals surface area contributed by atoms with Gasteiger partial charge in [0.2, 0.25) is 0 Å². The molecule has 0 heterocycles. The first-order valence-corrected chi connectivity index (χ1v) is 5.80. The van der Waals surface area contributed by atoms with Crippen molar-refractivity contribution in [2.75, 3.05) is 13.2 Å². The number of hydrogen-bond donors (Lipinski definition) is 2. The van der Waals surface area contributed by atoms with Crippen molar-refractivity contribution >= 4 is 5.91 Å². The molecule has 0 saturated carbocycles. The Kier molecular flexibility index (Phi) is 5.06. The molecule has 4 nitrogen and oxygen atoms in total. The molecule has 6 heteroatoms. The van der Waals surface area contributed by atoms with Gasteiger partial charge in [-0.2, -0.15) is 0 Å². The molecule has 0 aliphatic carbocycles. The van der Waals surface area contributed by atoms with E-state index in [1.807, 2.05) is 0 Å². The van der Waals surface area contributed by atoms with Gasteiger partial charge < -0.3 is 15.2 Å². The Hall–Kier alpha value is -2.13. The highest BCUT2D eigenvalue weighted by atomic mass is 19.1. The van der Waals surface area contributed by atoms with E-state index in [-0.39, 0.29) is 18.7 Å². The molecule has 0 aliphatic heterocycles. The normalized spacial score (nSPS) is 10.8. The second-order valence-corrected chi connectivity index (χ2v) is 4.76. The number of amides is 1. The highest BCUT2D eigenvalue weighted by Crippen LogP contribution is 2.23. The van der Waals surface area contributed by atoms with Crippen molar-refractivity contribution in [2.24, 2.45) is 0 Å². The number of rotatable bonds is 5. The van der Waals surface area contributed by atoms with Crippen molar-refractivity contribution in [3.8, 4) is 18.1 Å². The van der Waals surface area contributed by atoms with E-state index in [9.17, 15) is 18.7 Å². The van der Waals surface area contributed by atoms with Crippen molar-refractivity contribution < 1.29 is 23.4 Å². The largest absolute Gasteiger partial charge is 0.475 e. The maximum atomic E-state index is 13.6. The molecule has 1 amide bonds. The van der Waals surface area contributed by atoms with Gasteiger partial charge in [-0.05, 0) is 26.0 Å². The van der Waals surface area contributed by atoms with E-state index in [2.05, 4.69) is 11.2 Å². The van der Waals surface area contributed by atoms with E-state index < -0.39 is 28.9 Å². The molecule has 0 aliphatic rings. The predicted octanol–water partition coefficient (Wildman–Crippen LogP) is 1.48. The zero-order chi connectivity index (χ0) is 15.3. The van der Waals surface area contributed by atoms with Gasteiger partial charge >= 0.3 is 0 Å². The molecule has 0 aromatic heterocycles. The van der Waals surface area contributed by atoms with Gasteiger partial charge in [0.25, 0.3) is 5.91 Å². The summed E-state index contributed by atoms with van der Waals surface area (Å²) >= 11 is 0. The molecule has 0 unspecified atom stereocenters. The molecular formula is C14H15F2NO3. The number of benzene rings is 1. The molecule has 1 rings (SSSR count). The molecule has 0 bridgehead atoms. The fourth-order valence-electron chi connectivity index (χ4n) is 1.34. The van der Waals surface area contributed by atoms with Gasteiger partial charge in [0.15, 0.2) is 17.4 Å². The fraction of sp³-hybridized carbons (Fsp3) is 0.357. The molecular weight excluding hydrogens is 268 g/mol. The Balaban J connectivity index is 2.88. The quantitative estimate of drug-likeness (QED) is 0.805. The number of halogens is 2. The third-order valence-electron chi connectivity index (χ3n) is 2.24. The van der Waals surface area contributed by atoms with Crippen LogP contribution < -0.4 is 10.1 Å². The van der Waals surface area contributed by atoms with Gasteiger partial charge in [0.1, 0.15) is 6.61 Å². The Morgan fingerprint density at radius 2 is 2.00 bits per heavy atom. The Morgan fingerprint density at radius 3 is 2.45 bits per heavy atom. The third-order valence-corrected chi connectivity index (χ3v) is 2.24. The fourth-order valence-corrected chi connectivity index (χ4v) is 1.34. The summed E-state index contributed by atoms with van der Waals surface area (Å²) in [6.07, 6.45) is 4.93. The number of terminal acetylenes is 1. The van der Waals surface area contributed by atoms with E-state index in [1.165, 1.54) is 13.8 Å². The summed E-state index contributed by atoms with van der Waals surface area (Å²) in [5, 5.41) is 11.8. The van der Waals surface area contributed by atoms with Crippen LogP contribution in [0.15, 0.2) is 12.1 Å². The van der Waals surface area contributed by atoms with Crippen LogP contribution in [-0.4, -0.2) is 29.8 Å². The highest BCUT2D eigenvalue weighted by Gasteiger charge is 2.18. The lowest BCUT2D eigenvalue weighted by atomic mass is 10.1. The van der Waals surface area contributed by atoms with Gasteiger partial charge in [-0.15, -0.1) is 6.42 Å². The van der Waals surface area contributed by atoms with Crippen molar-refractivity contribution in [3.63, 3.8) is 0 Å². The number of carbonyl (C=O) groups is 1. The van der Waals surface area contributed by atoms with Gasteiger partial charge in [-0.1, -0.05) is 5.92 Å². The van der Waals surface area contributed by atoms with Gasteiger partial charge in [-0.25, -0.2) is 8.78 Å². The average molecular weight is 283 g/mol. The van der Waals surface area contributed by atoms with E-state index >= 15 is 0 Å². The van der Waals surface area contributed by atoms with E-state index in [0.29, 0.717) is 0 Å². The summed E-state index contributed by atoms with van der Waals surface area (Å²) in [7, 11) is 0. The minimum Gasteiger partial charge on any atom is -0.475 e. The van der Waals surface area contributed by atoms with Crippen LogP contribution in [0.4, 0.5) is 8.78 Å². The molecule has 1 aromatic rings. The van der Waals surface area contributed by atoms with Crippen LogP contribution in [0.1, 0.15) is 24.2 Å². The van der Waals surface area contributed by atoms with Crippen LogP contribution in [0, 0.1) is 24.0 Å². The van der Waals surface area contributed by atoms with Crippen LogP contribution in [0.25, 0.3) is 0 Å². The monoisotopic (exact) mass is 283 g/mol. The van der Waals surface area contributed by atoms with E-state index in [0.717, 1.165) is 12.1 Å². The van der Waals surface area contributed by atoms with Crippen LogP contribution in [0.5, 0.6) is 5.75 Å². The standard InChI is InChI=1S/C14H15F2NO3/c1-4-5-20-12-10(15)6-9(7-11(12)16)13(18)17-8-14(2,3)19/h1,6-7,19H,5,8H2,2-3H3,(H,17,18). The summed E-state index contributed by atoms with van der Waals surface area (Å²) in [5.41, 5.74) is -1.33. The molecule has 2 N–H and O–H groups in total. The lowest BCUT2D eigenvalue weighted by Gasteiger charge is -2.17. The van der Waals surface area contributed by atoms with Crippen LogP contribution in [0.3, 0.4) is 0 Å². The lowest BCUT2D eigenvalue weighted by molar-refractivity contribution is 0.0694. The average Bonchev–Trinajstić information content (AvgIpc) is 2.34. The lowest BCUT2D eigenvalue weighted by Crippen LogP contribution is -2.38. The van der Waals surface area contributed by atoms with Gasteiger partial charge in [-0.3, -0.25) is 4.79 Å². The van der Waals surface area contributed by atoms with Crippen LogP contribution in [0.2, 0.25) is 0 Å². The minimum absolute atomic E-state index is 0.0512. The highest BCUT2D eigenvalue weighted by molar-refractivity contribution is 5.94. The summed E-state index contributed by atoms with van der Waals surface area (Å²) in [4.78, 5) is 11.7. The number of aliphatic hydroxyl groups is 1. The molecule has 0 radical (unpaired) electrons. The van der Waals surface area contributed by atoms with Crippen molar-refractivity contribution in [3.05, 3.63) is 29.3 Å². The Bertz CT molecular complexity index is 521. The number of carbonyl (C=O) groups excluding carboxylic acids is 1. The summed E-state index contributed by atoms with van der Waals surface area (Å²) in [6.45, 7) is 2.65. The molecule has 108 valence electrons. The van der Waals surface area contributed by atoms with E-state index in [1.54, 1.807) is 0 Å². The predicted molar refractivity (Wildman–Crippen MR) is 69.3 cm³/mol. The molecule has 0 fully saturated rings. The first kappa shape index (κ1) is 15.9. The van der Waals surface area contributed by atoms with Gasteiger partial charge in [0, 0.05) is 12.1 Å². The van der Waals surface area contributed by atoms with Crippen LogP contribution >= 0.6 is 0 Å². The smallest absolute Gasteiger partial charge is 0.251 e.